The van der Waals surface area contributed by atoms with Crippen LogP contribution in [0.1, 0.15) is 18.4 Å². The highest BCUT2D eigenvalue weighted by molar-refractivity contribution is 5.70. The molecular formula is C18H24N2O. The van der Waals surface area contributed by atoms with Crippen molar-refractivity contribution in [1.82, 2.24) is 4.90 Å². The lowest BCUT2D eigenvalue weighted by molar-refractivity contribution is 0.113. The lowest BCUT2D eigenvalue weighted by Gasteiger charge is -2.29. The number of ether oxygens (including phenoxy) is 1. The minimum Gasteiger partial charge on any atom is -0.490 e. The first-order chi connectivity index (χ1) is 10.3. The maximum atomic E-state index is 6.20. The van der Waals surface area contributed by atoms with Crippen LogP contribution >= 0.6 is 0 Å². The van der Waals surface area contributed by atoms with Crippen molar-refractivity contribution in [1.29, 1.82) is 0 Å². The van der Waals surface area contributed by atoms with Crippen molar-refractivity contribution in [3.63, 3.8) is 0 Å². The topological polar surface area (TPSA) is 24.8 Å². The highest BCUT2D eigenvalue weighted by Gasteiger charge is 2.18. The average Bonchev–Trinajstić information content (AvgIpc) is 2.51. The fourth-order valence-electron chi connectivity index (χ4n) is 2.42. The maximum absolute atomic E-state index is 6.20. The van der Waals surface area contributed by atoms with E-state index in [0.29, 0.717) is 6.10 Å². The van der Waals surface area contributed by atoms with Gasteiger partial charge in [0.2, 0.25) is 0 Å². The molecule has 0 N–H and O–H groups in total. The van der Waals surface area contributed by atoms with Crippen molar-refractivity contribution in [3.05, 3.63) is 54.8 Å². The van der Waals surface area contributed by atoms with E-state index in [9.17, 15) is 0 Å². The molecule has 0 radical (unpaired) electrons. The molecule has 1 heterocycles. The standard InChI is InChI=1S/C18H24N2O/c1-3-12-19-13-6-8-16-7-4-5-9-18(16)21-17-10-14-20(2)15-11-17/h3-7,9,12-13,17H,1,8,10-11,14-15H2,2H3/b13-6-,19-12?. The highest BCUT2D eigenvalue weighted by Crippen LogP contribution is 2.23. The lowest BCUT2D eigenvalue weighted by atomic mass is 10.1. The number of para-hydroxylation sites is 1. The van der Waals surface area contributed by atoms with Gasteiger partial charge in [0.25, 0.3) is 0 Å². The van der Waals surface area contributed by atoms with Gasteiger partial charge in [-0.15, -0.1) is 0 Å². The molecule has 1 fully saturated rings. The summed E-state index contributed by atoms with van der Waals surface area (Å²) in [7, 11) is 2.17. The monoisotopic (exact) mass is 284 g/mol. The second-order valence-electron chi connectivity index (χ2n) is 5.35. The summed E-state index contributed by atoms with van der Waals surface area (Å²) in [5.74, 6) is 1.00. The first-order valence-corrected chi connectivity index (χ1v) is 7.52. The molecule has 1 saturated heterocycles. The van der Waals surface area contributed by atoms with Gasteiger partial charge in [0.15, 0.2) is 0 Å². The molecule has 1 aromatic rings. The number of rotatable bonds is 6. The highest BCUT2D eigenvalue weighted by atomic mass is 16.5. The number of likely N-dealkylation sites (tertiary alicyclic amines) is 1. The Morgan fingerprint density at radius 2 is 2.10 bits per heavy atom. The van der Waals surface area contributed by atoms with E-state index in [1.165, 1.54) is 5.56 Å². The zero-order valence-corrected chi connectivity index (χ0v) is 12.7. The van der Waals surface area contributed by atoms with Crippen LogP contribution in [-0.2, 0) is 6.42 Å². The third kappa shape index (κ3) is 5.20. The van der Waals surface area contributed by atoms with Gasteiger partial charge in [0, 0.05) is 25.5 Å². The molecule has 0 saturated carbocycles. The summed E-state index contributed by atoms with van der Waals surface area (Å²) in [5.41, 5.74) is 1.21. The second-order valence-corrected chi connectivity index (χ2v) is 5.35. The number of allylic oxidation sites excluding steroid dienone is 2. The van der Waals surface area contributed by atoms with Gasteiger partial charge in [-0.3, -0.25) is 4.99 Å². The van der Waals surface area contributed by atoms with E-state index in [0.717, 1.165) is 38.1 Å². The summed E-state index contributed by atoms with van der Waals surface area (Å²) < 4.78 is 6.20. The van der Waals surface area contributed by atoms with Gasteiger partial charge in [-0.25, -0.2) is 0 Å². The molecule has 0 spiro atoms. The first kappa shape index (κ1) is 15.5. The Balaban J connectivity index is 1.94. The number of benzene rings is 1. The summed E-state index contributed by atoms with van der Waals surface area (Å²) >= 11 is 0. The maximum Gasteiger partial charge on any atom is 0.123 e. The lowest BCUT2D eigenvalue weighted by Crippen LogP contribution is -2.35. The normalized spacial score (nSPS) is 17.6. The van der Waals surface area contributed by atoms with Crippen LogP contribution in [0.3, 0.4) is 0 Å². The Morgan fingerprint density at radius 3 is 2.86 bits per heavy atom. The summed E-state index contributed by atoms with van der Waals surface area (Å²) in [6.07, 6.45) is 10.6. The molecule has 0 aromatic heterocycles. The molecule has 3 heteroatoms. The van der Waals surface area contributed by atoms with E-state index in [1.807, 2.05) is 12.1 Å². The fraction of sp³-hybridized carbons (Fsp3) is 0.389. The minimum atomic E-state index is 0.338. The summed E-state index contributed by atoms with van der Waals surface area (Å²) in [5, 5.41) is 0. The van der Waals surface area contributed by atoms with Gasteiger partial charge < -0.3 is 9.64 Å². The molecule has 1 aliphatic rings. The molecule has 3 nitrogen and oxygen atoms in total. The predicted octanol–water partition coefficient (Wildman–Crippen LogP) is 3.47. The van der Waals surface area contributed by atoms with Crippen LogP contribution in [-0.4, -0.2) is 37.4 Å². The molecule has 1 aromatic carbocycles. The van der Waals surface area contributed by atoms with E-state index in [-0.39, 0.29) is 0 Å². The molecule has 1 aliphatic heterocycles. The number of nitrogens with zero attached hydrogens (tertiary/aromatic N) is 2. The van der Waals surface area contributed by atoms with E-state index in [1.54, 1.807) is 18.5 Å². The van der Waals surface area contributed by atoms with E-state index < -0.39 is 0 Å². The van der Waals surface area contributed by atoms with Crippen LogP contribution < -0.4 is 4.74 Å². The van der Waals surface area contributed by atoms with Crippen molar-refractivity contribution < 1.29 is 4.74 Å². The molecule has 0 amide bonds. The minimum absolute atomic E-state index is 0.338. The molecule has 2 rings (SSSR count). The Bertz CT molecular complexity index is 500. The van der Waals surface area contributed by atoms with Crippen molar-refractivity contribution in [3.8, 4) is 5.75 Å². The number of aliphatic imine (C=N–C) groups is 1. The average molecular weight is 284 g/mol. The zero-order chi connectivity index (χ0) is 14.9. The number of hydrogen-bond donors (Lipinski definition) is 0. The summed E-state index contributed by atoms with van der Waals surface area (Å²) in [4.78, 5) is 6.44. The van der Waals surface area contributed by atoms with Gasteiger partial charge in [-0.05, 0) is 37.9 Å². The van der Waals surface area contributed by atoms with Crippen LogP contribution in [0.4, 0.5) is 0 Å². The second kappa shape index (κ2) is 8.42. The molecule has 0 unspecified atom stereocenters. The molecule has 21 heavy (non-hydrogen) atoms. The number of hydrogen-bond acceptors (Lipinski definition) is 3. The number of piperidine rings is 1. The van der Waals surface area contributed by atoms with Crippen molar-refractivity contribution in [2.45, 2.75) is 25.4 Å². The first-order valence-electron chi connectivity index (χ1n) is 7.52. The van der Waals surface area contributed by atoms with Crippen LogP contribution in [0.15, 0.2) is 54.2 Å². The molecule has 0 atom stereocenters. The van der Waals surface area contributed by atoms with Crippen LogP contribution in [0.25, 0.3) is 0 Å². The molecule has 0 bridgehead atoms. The third-order valence-electron chi connectivity index (χ3n) is 3.65. The van der Waals surface area contributed by atoms with Crippen LogP contribution in [0, 0.1) is 0 Å². The van der Waals surface area contributed by atoms with Crippen molar-refractivity contribution in [2.75, 3.05) is 20.1 Å². The predicted molar refractivity (Wildman–Crippen MR) is 89.1 cm³/mol. The molecule has 112 valence electrons. The molecular weight excluding hydrogens is 260 g/mol. The Morgan fingerprint density at radius 1 is 1.33 bits per heavy atom. The quantitative estimate of drug-likeness (QED) is 0.747. The van der Waals surface area contributed by atoms with Gasteiger partial charge in [-0.2, -0.15) is 0 Å². The van der Waals surface area contributed by atoms with Gasteiger partial charge in [0.1, 0.15) is 11.9 Å². The third-order valence-corrected chi connectivity index (χ3v) is 3.65. The van der Waals surface area contributed by atoms with Crippen LogP contribution in [0.5, 0.6) is 5.75 Å². The molecule has 0 aliphatic carbocycles. The Hall–Kier alpha value is -1.87. The zero-order valence-electron chi connectivity index (χ0n) is 12.7. The van der Waals surface area contributed by atoms with Crippen molar-refractivity contribution in [2.24, 2.45) is 4.99 Å². The Kier molecular flexibility index (Phi) is 6.22. The SMILES string of the molecule is C=CC=N/C=C\Cc1ccccc1OC1CCN(C)CC1. The largest absolute Gasteiger partial charge is 0.490 e. The van der Waals surface area contributed by atoms with Gasteiger partial charge >= 0.3 is 0 Å². The Labute approximate surface area is 127 Å². The fourth-order valence-corrected chi connectivity index (χ4v) is 2.42. The van der Waals surface area contributed by atoms with Crippen molar-refractivity contribution >= 4 is 6.21 Å². The van der Waals surface area contributed by atoms with E-state index in [4.69, 9.17) is 4.74 Å². The van der Waals surface area contributed by atoms with E-state index >= 15 is 0 Å². The van der Waals surface area contributed by atoms with E-state index in [2.05, 4.69) is 41.7 Å². The smallest absolute Gasteiger partial charge is 0.123 e. The summed E-state index contributed by atoms with van der Waals surface area (Å²) in [6.45, 7) is 5.82. The van der Waals surface area contributed by atoms with Crippen LogP contribution in [0.2, 0.25) is 0 Å². The van der Waals surface area contributed by atoms with Gasteiger partial charge in [-0.1, -0.05) is 36.9 Å². The van der Waals surface area contributed by atoms with Gasteiger partial charge in [0.05, 0.1) is 0 Å². The summed E-state index contributed by atoms with van der Waals surface area (Å²) in [6, 6.07) is 8.27.